The van der Waals surface area contributed by atoms with E-state index in [4.69, 9.17) is 11.6 Å². The first-order valence-corrected chi connectivity index (χ1v) is 6.64. The molecule has 0 saturated carbocycles. The summed E-state index contributed by atoms with van der Waals surface area (Å²) in [7, 11) is 0. The number of hydrogen-bond acceptors (Lipinski definition) is 1. The van der Waals surface area contributed by atoms with E-state index < -0.39 is 17.6 Å². The summed E-state index contributed by atoms with van der Waals surface area (Å²) in [5, 5.41) is 3.04. The van der Waals surface area contributed by atoms with Crippen LogP contribution in [0.25, 0.3) is 6.08 Å². The quantitative estimate of drug-likeness (QED) is 0.790. The van der Waals surface area contributed by atoms with Crippen molar-refractivity contribution < 1.29 is 18.0 Å². The Labute approximate surface area is 130 Å². The van der Waals surface area contributed by atoms with Crippen LogP contribution in [-0.2, 0) is 11.0 Å². The minimum Gasteiger partial charge on any atom is -0.322 e. The summed E-state index contributed by atoms with van der Waals surface area (Å²) in [6, 6.07) is 11.3. The second kappa shape index (κ2) is 6.66. The average Bonchev–Trinajstić information content (AvgIpc) is 2.45. The number of alkyl halides is 3. The van der Waals surface area contributed by atoms with Crippen molar-refractivity contribution in [2.24, 2.45) is 0 Å². The first kappa shape index (κ1) is 16.1. The fourth-order valence-corrected chi connectivity index (χ4v) is 1.93. The molecule has 0 spiro atoms. The second-order valence-electron chi connectivity index (χ2n) is 4.46. The molecule has 0 aliphatic carbocycles. The number of carbonyl (C=O) groups excluding carboxylic acids is 1. The van der Waals surface area contributed by atoms with Crippen LogP contribution in [0.3, 0.4) is 0 Å². The molecule has 2 rings (SSSR count). The predicted molar refractivity (Wildman–Crippen MR) is 80.6 cm³/mol. The maximum atomic E-state index is 12.6. The van der Waals surface area contributed by atoms with Crippen LogP contribution in [0.2, 0.25) is 5.02 Å². The van der Waals surface area contributed by atoms with E-state index in [1.807, 2.05) is 0 Å². The molecule has 0 heterocycles. The van der Waals surface area contributed by atoms with Crippen molar-refractivity contribution in [1.82, 2.24) is 0 Å². The Morgan fingerprint density at radius 1 is 1.09 bits per heavy atom. The zero-order chi connectivity index (χ0) is 16.2. The van der Waals surface area contributed by atoms with E-state index >= 15 is 0 Å². The van der Waals surface area contributed by atoms with Gasteiger partial charge in [-0.1, -0.05) is 29.8 Å². The lowest BCUT2D eigenvalue weighted by atomic mass is 10.1. The van der Waals surface area contributed by atoms with E-state index in [0.717, 1.165) is 18.2 Å². The summed E-state index contributed by atoms with van der Waals surface area (Å²) in [4.78, 5) is 11.7. The summed E-state index contributed by atoms with van der Waals surface area (Å²) in [5.41, 5.74) is 0.0344. The van der Waals surface area contributed by atoms with E-state index in [2.05, 4.69) is 5.32 Å². The van der Waals surface area contributed by atoms with E-state index in [1.54, 1.807) is 24.3 Å². The van der Waals surface area contributed by atoms with Gasteiger partial charge in [0.1, 0.15) is 0 Å². The number of amides is 1. The normalized spacial score (nSPS) is 11.6. The second-order valence-corrected chi connectivity index (χ2v) is 4.89. The number of benzene rings is 2. The number of anilines is 1. The molecule has 2 nitrogen and oxygen atoms in total. The van der Waals surface area contributed by atoms with Crippen molar-refractivity contribution in [1.29, 1.82) is 0 Å². The summed E-state index contributed by atoms with van der Waals surface area (Å²) < 4.78 is 37.7. The molecular formula is C16H11ClF3NO. The molecule has 1 amide bonds. The Hall–Kier alpha value is -2.27. The molecule has 0 aliphatic rings. The predicted octanol–water partition coefficient (Wildman–Crippen LogP) is 5.01. The SMILES string of the molecule is O=C(/C=C/c1cccc(C(F)(F)F)c1)Nc1cccc(Cl)c1. The minimum atomic E-state index is -4.41. The van der Waals surface area contributed by atoms with Crippen LogP contribution in [0.5, 0.6) is 0 Å². The highest BCUT2D eigenvalue weighted by atomic mass is 35.5. The van der Waals surface area contributed by atoms with Crippen molar-refractivity contribution in [2.75, 3.05) is 5.32 Å². The Morgan fingerprint density at radius 2 is 1.82 bits per heavy atom. The molecule has 0 aliphatic heterocycles. The van der Waals surface area contributed by atoms with Crippen LogP contribution in [0.1, 0.15) is 11.1 Å². The zero-order valence-corrected chi connectivity index (χ0v) is 11.9. The molecule has 0 atom stereocenters. The molecule has 0 bridgehead atoms. The van der Waals surface area contributed by atoms with Gasteiger partial charge >= 0.3 is 6.18 Å². The van der Waals surface area contributed by atoms with E-state index in [1.165, 1.54) is 18.2 Å². The van der Waals surface area contributed by atoms with Crippen molar-refractivity contribution in [3.8, 4) is 0 Å². The third-order valence-corrected chi connectivity index (χ3v) is 2.97. The molecule has 22 heavy (non-hydrogen) atoms. The first-order valence-electron chi connectivity index (χ1n) is 6.26. The highest BCUT2D eigenvalue weighted by Gasteiger charge is 2.30. The molecule has 0 aromatic heterocycles. The van der Waals surface area contributed by atoms with Crippen molar-refractivity contribution in [3.05, 3.63) is 70.8 Å². The Kier molecular flexibility index (Phi) is 4.88. The highest BCUT2D eigenvalue weighted by molar-refractivity contribution is 6.30. The van der Waals surface area contributed by atoms with Gasteiger partial charge in [0.2, 0.25) is 5.91 Å². The summed E-state index contributed by atoms with van der Waals surface area (Å²) in [5.74, 6) is -0.459. The summed E-state index contributed by atoms with van der Waals surface area (Å²) in [6.45, 7) is 0. The minimum absolute atomic E-state index is 0.288. The fraction of sp³-hybridized carbons (Fsp3) is 0.0625. The van der Waals surface area contributed by atoms with Crippen molar-refractivity contribution in [2.45, 2.75) is 6.18 Å². The van der Waals surface area contributed by atoms with Crippen LogP contribution in [0, 0.1) is 0 Å². The highest BCUT2D eigenvalue weighted by Crippen LogP contribution is 2.29. The van der Waals surface area contributed by atoms with Crippen molar-refractivity contribution in [3.63, 3.8) is 0 Å². The molecule has 0 fully saturated rings. The van der Waals surface area contributed by atoms with Crippen LogP contribution >= 0.6 is 11.6 Å². The van der Waals surface area contributed by atoms with E-state index in [9.17, 15) is 18.0 Å². The van der Waals surface area contributed by atoms with Gasteiger partial charge in [-0.2, -0.15) is 13.2 Å². The van der Waals surface area contributed by atoms with Gasteiger partial charge in [0.25, 0.3) is 0 Å². The van der Waals surface area contributed by atoms with Gasteiger partial charge in [-0.3, -0.25) is 4.79 Å². The smallest absolute Gasteiger partial charge is 0.322 e. The molecule has 2 aromatic carbocycles. The van der Waals surface area contributed by atoms with E-state index in [-0.39, 0.29) is 5.56 Å². The van der Waals surface area contributed by atoms with Gasteiger partial charge in [0.05, 0.1) is 5.56 Å². The Morgan fingerprint density at radius 3 is 2.50 bits per heavy atom. The molecule has 0 saturated heterocycles. The summed E-state index contributed by atoms with van der Waals surface area (Å²) >= 11 is 5.79. The molecule has 2 aromatic rings. The van der Waals surface area contributed by atoms with Crippen LogP contribution in [0.15, 0.2) is 54.6 Å². The fourth-order valence-electron chi connectivity index (χ4n) is 1.74. The largest absolute Gasteiger partial charge is 0.416 e. The first-order chi connectivity index (χ1) is 10.3. The number of carbonyl (C=O) groups is 1. The lowest BCUT2D eigenvalue weighted by molar-refractivity contribution is -0.137. The lowest BCUT2D eigenvalue weighted by Gasteiger charge is -2.06. The topological polar surface area (TPSA) is 29.1 Å². The number of rotatable bonds is 3. The van der Waals surface area contributed by atoms with Crippen LogP contribution in [0.4, 0.5) is 18.9 Å². The molecule has 6 heteroatoms. The van der Waals surface area contributed by atoms with Crippen molar-refractivity contribution >= 4 is 29.3 Å². The van der Waals surface area contributed by atoms with Crippen LogP contribution in [-0.4, -0.2) is 5.91 Å². The third-order valence-electron chi connectivity index (χ3n) is 2.73. The number of nitrogens with one attached hydrogen (secondary N) is 1. The van der Waals surface area contributed by atoms with E-state index in [0.29, 0.717) is 10.7 Å². The molecular weight excluding hydrogens is 315 g/mol. The van der Waals surface area contributed by atoms with Gasteiger partial charge in [-0.15, -0.1) is 0 Å². The lowest BCUT2D eigenvalue weighted by Crippen LogP contribution is -2.07. The monoisotopic (exact) mass is 325 g/mol. The number of halogens is 4. The maximum absolute atomic E-state index is 12.6. The molecule has 0 radical (unpaired) electrons. The van der Waals surface area contributed by atoms with Gasteiger partial charge < -0.3 is 5.32 Å². The zero-order valence-electron chi connectivity index (χ0n) is 11.2. The van der Waals surface area contributed by atoms with Gasteiger partial charge in [-0.05, 0) is 42.0 Å². The molecule has 0 unspecified atom stereocenters. The standard InChI is InChI=1S/C16H11ClF3NO/c17-13-5-2-6-14(10-13)21-15(22)8-7-11-3-1-4-12(9-11)16(18,19)20/h1-10H,(H,21,22)/b8-7+. The Balaban J connectivity index is 2.07. The Bertz CT molecular complexity index is 711. The van der Waals surface area contributed by atoms with Gasteiger partial charge in [-0.25, -0.2) is 0 Å². The van der Waals surface area contributed by atoms with Gasteiger partial charge in [0.15, 0.2) is 0 Å². The van der Waals surface area contributed by atoms with Gasteiger partial charge in [0, 0.05) is 16.8 Å². The molecule has 1 N–H and O–H groups in total. The average molecular weight is 326 g/mol. The third kappa shape index (κ3) is 4.63. The van der Waals surface area contributed by atoms with Crippen LogP contribution < -0.4 is 5.32 Å². The molecule has 114 valence electrons. The maximum Gasteiger partial charge on any atom is 0.416 e. The summed E-state index contributed by atoms with van der Waals surface area (Å²) in [6.07, 6.45) is -1.93. The number of hydrogen-bond donors (Lipinski definition) is 1.